The van der Waals surface area contributed by atoms with Gasteiger partial charge in [0, 0.05) is 10.0 Å². The fraction of sp³-hybridized carbons (Fsp3) is 0.125. The molecule has 1 aromatic heterocycles. The van der Waals surface area contributed by atoms with Crippen LogP contribution in [0.5, 0.6) is 0 Å². The van der Waals surface area contributed by atoms with Crippen molar-refractivity contribution in [3.05, 3.63) is 101 Å². The normalized spacial score (nSPS) is 11.8. The van der Waals surface area contributed by atoms with Crippen molar-refractivity contribution < 1.29 is 4.79 Å². The van der Waals surface area contributed by atoms with E-state index in [4.69, 9.17) is 0 Å². The second-order valence-corrected chi connectivity index (χ2v) is 8.75. The van der Waals surface area contributed by atoms with Crippen LogP contribution in [0.1, 0.15) is 17.2 Å². The Balaban J connectivity index is 1.40. The maximum Gasteiger partial charge on any atom is 0.230 e. The van der Waals surface area contributed by atoms with E-state index in [2.05, 4.69) is 48.6 Å². The molecule has 0 bridgehead atoms. The van der Waals surface area contributed by atoms with Crippen molar-refractivity contribution in [1.29, 1.82) is 0 Å². The number of carbonyl (C=O) groups excluding carboxylic acids is 1. The molecule has 0 saturated heterocycles. The third kappa shape index (κ3) is 5.83. The summed E-state index contributed by atoms with van der Waals surface area (Å²) < 4.78 is 0.937. The van der Waals surface area contributed by atoms with E-state index in [1.165, 1.54) is 17.3 Å². The van der Waals surface area contributed by atoms with Gasteiger partial charge in [0.1, 0.15) is 0 Å². The van der Waals surface area contributed by atoms with Crippen molar-refractivity contribution in [3.8, 4) is 11.4 Å². The van der Waals surface area contributed by atoms with Crippen LogP contribution in [-0.4, -0.2) is 26.8 Å². The predicted molar refractivity (Wildman–Crippen MR) is 128 cm³/mol. The molecule has 0 fully saturated rings. The fourth-order valence-electron chi connectivity index (χ4n) is 3.24. The largest absolute Gasteiger partial charge is 0.348 e. The number of hydrogen-bond donors (Lipinski definition) is 2. The molecule has 0 aliphatic heterocycles. The van der Waals surface area contributed by atoms with Gasteiger partial charge in [0.15, 0.2) is 5.82 Å². The number of nitrogens with zero attached hydrogens (tertiary/aromatic N) is 2. The Morgan fingerprint density at radius 1 is 0.968 bits per heavy atom. The van der Waals surface area contributed by atoms with E-state index in [-0.39, 0.29) is 17.7 Å². The van der Waals surface area contributed by atoms with Gasteiger partial charge in [-0.05, 0) is 23.6 Å². The maximum absolute atomic E-state index is 12.7. The number of hydrogen-bond acceptors (Lipinski definition) is 4. The van der Waals surface area contributed by atoms with Crippen LogP contribution < -0.4 is 5.32 Å². The number of nitrogens with one attached hydrogen (secondary N) is 2. The number of carbonyl (C=O) groups is 1. The molecule has 0 radical (unpaired) electrons. The summed E-state index contributed by atoms with van der Waals surface area (Å²) in [5.74, 6) is 0.856. The molecule has 0 saturated carbocycles. The highest BCUT2D eigenvalue weighted by Gasteiger charge is 2.16. The van der Waals surface area contributed by atoms with Gasteiger partial charge in [-0.25, -0.2) is 4.98 Å². The average molecular weight is 493 g/mol. The molecule has 4 aromatic rings. The van der Waals surface area contributed by atoms with Gasteiger partial charge in [-0.2, -0.15) is 0 Å². The monoisotopic (exact) mass is 492 g/mol. The zero-order chi connectivity index (χ0) is 21.5. The smallest absolute Gasteiger partial charge is 0.230 e. The molecule has 1 atom stereocenters. The minimum Gasteiger partial charge on any atom is -0.348 e. The summed E-state index contributed by atoms with van der Waals surface area (Å²) in [6, 6.07) is 27.9. The standard InChI is InChI=1S/C24H21BrN4OS/c25-20-14-8-7-13-19(20)23-27-24(29-28-23)31-16-22(30)26-21(18-11-5-2-6-12-18)15-17-9-3-1-4-10-17/h1-14,21H,15-16H2,(H,26,30)(H,27,28,29). The van der Waals surface area contributed by atoms with E-state index in [1.54, 1.807) is 0 Å². The van der Waals surface area contributed by atoms with Gasteiger partial charge in [-0.3, -0.25) is 9.89 Å². The molecule has 0 aliphatic carbocycles. The van der Waals surface area contributed by atoms with Gasteiger partial charge in [0.25, 0.3) is 0 Å². The molecule has 7 heteroatoms. The van der Waals surface area contributed by atoms with Gasteiger partial charge >= 0.3 is 0 Å². The van der Waals surface area contributed by atoms with E-state index >= 15 is 0 Å². The maximum atomic E-state index is 12.7. The van der Waals surface area contributed by atoms with E-state index in [0.717, 1.165) is 22.0 Å². The predicted octanol–water partition coefficient (Wildman–Crippen LogP) is 5.43. The first-order valence-electron chi connectivity index (χ1n) is 9.87. The summed E-state index contributed by atoms with van der Waals surface area (Å²) in [5.41, 5.74) is 3.19. The van der Waals surface area contributed by atoms with E-state index in [1.807, 2.05) is 72.8 Å². The van der Waals surface area contributed by atoms with Crippen LogP contribution in [0.3, 0.4) is 0 Å². The van der Waals surface area contributed by atoms with Crippen LogP contribution in [-0.2, 0) is 11.2 Å². The van der Waals surface area contributed by atoms with Gasteiger partial charge in [0.2, 0.25) is 11.1 Å². The van der Waals surface area contributed by atoms with E-state index in [0.29, 0.717) is 11.0 Å². The van der Waals surface area contributed by atoms with E-state index < -0.39 is 0 Å². The number of amides is 1. The minimum absolute atomic E-state index is 0.0537. The third-order valence-electron chi connectivity index (χ3n) is 4.75. The molecule has 2 N–H and O–H groups in total. The van der Waals surface area contributed by atoms with Crippen molar-refractivity contribution in [2.75, 3.05) is 5.75 Å². The number of H-pyrrole nitrogens is 1. The molecule has 5 nitrogen and oxygen atoms in total. The molecule has 4 rings (SSSR count). The third-order valence-corrected chi connectivity index (χ3v) is 6.28. The molecular formula is C24H21BrN4OS. The van der Waals surface area contributed by atoms with Crippen LogP contribution in [0, 0.1) is 0 Å². The van der Waals surface area contributed by atoms with Crippen molar-refractivity contribution in [2.24, 2.45) is 0 Å². The molecule has 31 heavy (non-hydrogen) atoms. The molecule has 156 valence electrons. The Hall–Kier alpha value is -2.90. The van der Waals surface area contributed by atoms with Crippen molar-refractivity contribution >= 4 is 33.6 Å². The zero-order valence-electron chi connectivity index (χ0n) is 16.7. The zero-order valence-corrected chi connectivity index (χ0v) is 19.1. The number of thioether (sulfide) groups is 1. The lowest BCUT2D eigenvalue weighted by Crippen LogP contribution is -2.31. The number of aromatic nitrogens is 3. The Bertz CT molecular complexity index is 1130. The van der Waals surface area contributed by atoms with Crippen LogP contribution in [0.25, 0.3) is 11.4 Å². The molecule has 0 spiro atoms. The van der Waals surface area contributed by atoms with Crippen molar-refractivity contribution in [1.82, 2.24) is 20.5 Å². The van der Waals surface area contributed by atoms with E-state index in [9.17, 15) is 4.79 Å². The summed E-state index contributed by atoms with van der Waals surface area (Å²) in [4.78, 5) is 17.2. The molecule has 1 heterocycles. The fourth-order valence-corrected chi connectivity index (χ4v) is 4.32. The van der Waals surface area contributed by atoms with Crippen LogP contribution in [0.4, 0.5) is 0 Å². The highest BCUT2D eigenvalue weighted by atomic mass is 79.9. The molecule has 1 unspecified atom stereocenters. The van der Waals surface area contributed by atoms with Crippen LogP contribution >= 0.6 is 27.7 Å². The van der Waals surface area contributed by atoms with Crippen molar-refractivity contribution in [3.63, 3.8) is 0 Å². The van der Waals surface area contributed by atoms with Gasteiger partial charge in [0.05, 0.1) is 11.8 Å². The molecule has 0 aliphatic rings. The summed E-state index contributed by atoms with van der Waals surface area (Å²) >= 11 is 4.83. The second kappa shape index (κ2) is 10.4. The highest BCUT2D eigenvalue weighted by molar-refractivity contribution is 9.10. The Morgan fingerprint density at radius 2 is 1.65 bits per heavy atom. The van der Waals surface area contributed by atoms with Gasteiger partial charge < -0.3 is 5.32 Å². The Kier molecular flexibility index (Phi) is 7.17. The Morgan fingerprint density at radius 3 is 2.39 bits per heavy atom. The minimum atomic E-state index is -0.0975. The average Bonchev–Trinajstić information content (AvgIpc) is 3.28. The summed E-state index contributed by atoms with van der Waals surface area (Å²) in [5, 5.41) is 10.9. The first-order valence-corrected chi connectivity index (χ1v) is 11.7. The molecular weight excluding hydrogens is 472 g/mol. The number of halogens is 1. The summed E-state index contributed by atoms with van der Waals surface area (Å²) in [7, 11) is 0. The quantitative estimate of drug-likeness (QED) is 0.322. The lowest BCUT2D eigenvalue weighted by Gasteiger charge is -2.19. The Labute approximate surface area is 193 Å². The number of rotatable bonds is 8. The summed E-state index contributed by atoms with van der Waals surface area (Å²) in [6.45, 7) is 0. The van der Waals surface area contributed by atoms with Crippen LogP contribution in [0.2, 0.25) is 0 Å². The first kappa shape index (κ1) is 21.3. The SMILES string of the molecule is O=C(CSc1n[nH]c(-c2ccccc2Br)n1)NC(Cc1ccccc1)c1ccccc1. The summed E-state index contributed by atoms with van der Waals surface area (Å²) in [6.07, 6.45) is 0.730. The van der Waals surface area contributed by atoms with Gasteiger partial charge in [-0.1, -0.05) is 107 Å². The number of benzene rings is 3. The second-order valence-electron chi connectivity index (χ2n) is 6.96. The highest BCUT2D eigenvalue weighted by Crippen LogP contribution is 2.26. The topological polar surface area (TPSA) is 70.7 Å². The lowest BCUT2D eigenvalue weighted by atomic mass is 9.99. The lowest BCUT2D eigenvalue weighted by molar-refractivity contribution is -0.119. The molecule has 1 amide bonds. The first-order chi connectivity index (χ1) is 15.2. The van der Waals surface area contributed by atoms with Crippen LogP contribution in [0.15, 0.2) is 94.6 Å². The van der Waals surface area contributed by atoms with Crippen molar-refractivity contribution in [2.45, 2.75) is 17.6 Å². The molecule has 3 aromatic carbocycles. The van der Waals surface area contributed by atoms with Gasteiger partial charge in [-0.15, -0.1) is 5.10 Å². The number of aromatic amines is 1.